The summed E-state index contributed by atoms with van der Waals surface area (Å²) >= 11 is 3.56. The van der Waals surface area contributed by atoms with Crippen LogP contribution in [0.3, 0.4) is 0 Å². The van der Waals surface area contributed by atoms with Crippen molar-refractivity contribution in [2.45, 2.75) is 25.9 Å². The molecule has 1 aliphatic heterocycles. The second-order valence-electron chi connectivity index (χ2n) is 4.94. The van der Waals surface area contributed by atoms with Gasteiger partial charge in [-0.2, -0.15) is 0 Å². The normalized spacial score (nSPS) is 19.8. The molecule has 1 amide bonds. The molecule has 0 radical (unpaired) electrons. The maximum absolute atomic E-state index is 12.2. The minimum absolute atomic E-state index is 0.0682. The average Bonchev–Trinajstić information content (AvgIpc) is 2.48. The molecule has 4 nitrogen and oxygen atoms in total. The van der Waals surface area contributed by atoms with Crippen LogP contribution < -0.4 is 5.32 Å². The highest BCUT2D eigenvalue weighted by atomic mass is 79.9. The number of ether oxygens (including phenoxy) is 1. The summed E-state index contributed by atoms with van der Waals surface area (Å²) in [6.07, 6.45) is 0.948. The Bertz CT molecular complexity index is 453. The fourth-order valence-corrected chi connectivity index (χ4v) is 2.69. The Labute approximate surface area is 128 Å². The van der Waals surface area contributed by atoms with Crippen molar-refractivity contribution in [3.63, 3.8) is 0 Å². The Balaban J connectivity index is 2.03. The molecule has 1 aromatic carbocycles. The average molecular weight is 341 g/mol. The quantitative estimate of drug-likeness (QED) is 0.893. The summed E-state index contributed by atoms with van der Waals surface area (Å²) in [6, 6.07) is 7.94. The number of nitrogens with zero attached hydrogens (tertiary/aromatic N) is 1. The van der Waals surface area contributed by atoms with Crippen LogP contribution in [0.2, 0.25) is 0 Å². The molecule has 0 aromatic heterocycles. The highest BCUT2D eigenvalue weighted by Gasteiger charge is 2.29. The van der Waals surface area contributed by atoms with Crippen molar-refractivity contribution in [2.24, 2.45) is 0 Å². The van der Waals surface area contributed by atoms with Gasteiger partial charge in [-0.3, -0.25) is 9.69 Å². The van der Waals surface area contributed by atoms with Crippen molar-refractivity contribution < 1.29 is 9.53 Å². The Morgan fingerprint density at radius 1 is 1.50 bits per heavy atom. The van der Waals surface area contributed by atoms with E-state index in [1.165, 1.54) is 5.56 Å². The molecule has 5 heteroatoms. The molecule has 1 aromatic rings. The van der Waals surface area contributed by atoms with Gasteiger partial charge in [0.15, 0.2) is 0 Å². The van der Waals surface area contributed by atoms with Gasteiger partial charge in [0, 0.05) is 24.1 Å². The molecule has 1 saturated heterocycles. The lowest BCUT2D eigenvalue weighted by Crippen LogP contribution is -2.53. The van der Waals surface area contributed by atoms with Crippen molar-refractivity contribution in [1.29, 1.82) is 0 Å². The van der Waals surface area contributed by atoms with E-state index in [1.807, 2.05) is 18.2 Å². The van der Waals surface area contributed by atoms with Gasteiger partial charge >= 0.3 is 0 Å². The second-order valence-corrected chi connectivity index (χ2v) is 5.80. The van der Waals surface area contributed by atoms with Crippen LogP contribution in [0.4, 0.5) is 0 Å². The van der Waals surface area contributed by atoms with E-state index in [0.29, 0.717) is 13.2 Å². The summed E-state index contributed by atoms with van der Waals surface area (Å²) in [5.41, 5.74) is 1.20. The molecule has 0 spiro atoms. The molecule has 2 rings (SSSR count). The monoisotopic (exact) mass is 340 g/mol. The van der Waals surface area contributed by atoms with E-state index in [2.05, 4.69) is 39.1 Å². The number of carbonyl (C=O) groups excluding carboxylic acids is 1. The first-order valence-electron chi connectivity index (χ1n) is 7.05. The Morgan fingerprint density at radius 3 is 3.05 bits per heavy atom. The van der Waals surface area contributed by atoms with Gasteiger partial charge in [-0.15, -0.1) is 0 Å². The molecule has 0 aliphatic carbocycles. The van der Waals surface area contributed by atoms with Crippen molar-refractivity contribution >= 4 is 21.8 Å². The smallest absolute Gasteiger partial charge is 0.239 e. The highest BCUT2D eigenvalue weighted by molar-refractivity contribution is 9.10. The van der Waals surface area contributed by atoms with Gasteiger partial charge in [0.1, 0.15) is 6.04 Å². The molecule has 1 unspecified atom stereocenters. The van der Waals surface area contributed by atoms with Gasteiger partial charge in [-0.05, 0) is 18.1 Å². The van der Waals surface area contributed by atoms with Gasteiger partial charge in [-0.25, -0.2) is 0 Å². The predicted octanol–water partition coefficient (Wildman–Crippen LogP) is 2.18. The van der Waals surface area contributed by atoms with E-state index < -0.39 is 0 Å². The molecule has 20 heavy (non-hydrogen) atoms. The van der Waals surface area contributed by atoms with Crippen molar-refractivity contribution in [3.8, 4) is 0 Å². The fraction of sp³-hybridized carbons (Fsp3) is 0.533. The van der Waals surface area contributed by atoms with Gasteiger partial charge < -0.3 is 10.1 Å². The molecule has 1 atom stereocenters. The molecule has 0 bridgehead atoms. The van der Waals surface area contributed by atoms with Gasteiger partial charge in [-0.1, -0.05) is 41.1 Å². The summed E-state index contributed by atoms with van der Waals surface area (Å²) < 4.78 is 6.55. The van der Waals surface area contributed by atoms with Crippen molar-refractivity contribution in [3.05, 3.63) is 34.3 Å². The molecular weight excluding hydrogens is 320 g/mol. The number of hydrogen-bond donors (Lipinski definition) is 1. The Hall–Kier alpha value is -0.910. The van der Waals surface area contributed by atoms with E-state index in [1.54, 1.807) is 0 Å². The van der Waals surface area contributed by atoms with Crippen LogP contribution in [-0.2, 0) is 16.1 Å². The molecule has 110 valence electrons. The van der Waals surface area contributed by atoms with Crippen LogP contribution in [0, 0.1) is 0 Å². The summed E-state index contributed by atoms with van der Waals surface area (Å²) in [5.74, 6) is 0.0682. The Morgan fingerprint density at radius 2 is 2.30 bits per heavy atom. The minimum Gasteiger partial charge on any atom is -0.378 e. The van der Waals surface area contributed by atoms with E-state index in [4.69, 9.17) is 4.74 Å². The zero-order valence-corrected chi connectivity index (χ0v) is 13.4. The van der Waals surface area contributed by atoms with E-state index in [-0.39, 0.29) is 11.9 Å². The molecule has 1 N–H and O–H groups in total. The maximum Gasteiger partial charge on any atom is 0.239 e. The van der Waals surface area contributed by atoms with Gasteiger partial charge in [0.05, 0.1) is 13.2 Å². The topological polar surface area (TPSA) is 41.6 Å². The molecule has 1 aliphatic rings. The van der Waals surface area contributed by atoms with Crippen LogP contribution >= 0.6 is 15.9 Å². The first-order valence-corrected chi connectivity index (χ1v) is 7.84. The number of rotatable bonds is 5. The van der Waals surface area contributed by atoms with Crippen LogP contribution in [0.5, 0.6) is 0 Å². The third-order valence-electron chi connectivity index (χ3n) is 3.42. The molecule has 1 fully saturated rings. The summed E-state index contributed by atoms with van der Waals surface area (Å²) in [7, 11) is 0. The second kappa shape index (κ2) is 7.76. The maximum atomic E-state index is 12.2. The van der Waals surface area contributed by atoms with E-state index in [0.717, 1.165) is 30.5 Å². The minimum atomic E-state index is -0.192. The third-order valence-corrected chi connectivity index (χ3v) is 4.20. The fourth-order valence-electron chi connectivity index (χ4n) is 2.28. The molecular formula is C15H21BrN2O2. The number of carbonyl (C=O) groups is 1. The zero-order chi connectivity index (χ0) is 14.4. The lowest BCUT2D eigenvalue weighted by Gasteiger charge is -2.34. The summed E-state index contributed by atoms with van der Waals surface area (Å²) in [6.45, 7) is 5.47. The molecule has 0 saturated carbocycles. The number of amides is 1. The van der Waals surface area contributed by atoms with Crippen LogP contribution in [0.25, 0.3) is 0 Å². The SMILES string of the molecule is CCCNC(=O)C1COCCN1Cc1ccccc1Br. The van der Waals surface area contributed by atoms with Gasteiger partial charge in [0.2, 0.25) is 5.91 Å². The van der Waals surface area contributed by atoms with Crippen LogP contribution in [0.15, 0.2) is 28.7 Å². The largest absolute Gasteiger partial charge is 0.378 e. The lowest BCUT2D eigenvalue weighted by atomic mass is 10.1. The third kappa shape index (κ3) is 4.04. The van der Waals surface area contributed by atoms with Crippen LogP contribution in [-0.4, -0.2) is 43.2 Å². The summed E-state index contributed by atoms with van der Waals surface area (Å²) in [5, 5.41) is 2.96. The number of hydrogen-bond acceptors (Lipinski definition) is 3. The van der Waals surface area contributed by atoms with Crippen molar-refractivity contribution in [1.82, 2.24) is 10.2 Å². The number of nitrogens with one attached hydrogen (secondary N) is 1. The highest BCUT2D eigenvalue weighted by Crippen LogP contribution is 2.20. The van der Waals surface area contributed by atoms with Crippen molar-refractivity contribution in [2.75, 3.05) is 26.3 Å². The lowest BCUT2D eigenvalue weighted by molar-refractivity contribution is -0.132. The zero-order valence-electron chi connectivity index (χ0n) is 11.8. The Kier molecular flexibility index (Phi) is 6.01. The van der Waals surface area contributed by atoms with Gasteiger partial charge in [0.25, 0.3) is 0 Å². The molecule has 1 heterocycles. The standard InChI is InChI=1S/C15H21BrN2O2/c1-2-7-17-15(19)14-11-20-9-8-18(14)10-12-5-3-4-6-13(12)16/h3-6,14H,2,7-11H2,1H3,(H,17,19). The van der Waals surface area contributed by atoms with E-state index >= 15 is 0 Å². The number of halogens is 1. The predicted molar refractivity (Wildman–Crippen MR) is 82.5 cm³/mol. The number of benzene rings is 1. The van der Waals surface area contributed by atoms with E-state index in [9.17, 15) is 4.79 Å². The number of morpholine rings is 1. The van der Waals surface area contributed by atoms with Crippen LogP contribution in [0.1, 0.15) is 18.9 Å². The first kappa shape index (κ1) is 15.5. The first-order chi connectivity index (χ1) is 9.72. The summed E-state index contributed by atoms with van der Waals surface area (Å²) in [4.78, 5) is 14.4.